The van der Waals surface area contributed by atoms with Crippen molar-refractivity contribution in [1.82, 2.24) is 19.5 Å². The first kappa shape index (κ1) is 19.3. The van der Waals surface area contributed by atoms with Gasteiger partial charge in [-0.2, -0.15) is 0 Å². The highest BCUT2D eigenvalue weighted by atomic mass is 32.2. The van der Waals surface area contributed by atoms with Gasteiger partial charge in [-0.05, 0) is 43.5 Å². The van der Waals surface area contributed by atoms with Crippen LogP contribution in [-0.2, 0) is 16.4 Å². The molecule has 0 N–H and O–H groups in total. The van der Waals surface area contributed by atoms with Crippen LogP contribution in [-0.4, -0.2) is 40.7 Å². The smallest absolute Gasteiger partial charge is 0.255 e. The molecule has 150 valence electrons. The maximum atomic E-state index is 12.8. The Hall–Kier alpha value is -3.07. The summed E-state index contributed by atoms with van der Waals surface area (Å²) in [4.78, 5) is 27.3. The van der Waals surface area contributed by atoms with Gasteiger partial charge in [-0.25, -0.2) is 23.4 Å². The largest absolute Gasteiger partial charge is 0.296 e. The van der Waals surface area contributed by atoms with E-state index in [9.17, 15) is 13.2 Å². The molecule has 2 aromatic heterocycles. The van der Waals surface area contributed by atoms with Gasteiger partial charge in [0.1, 0.15) is 5.82 Å². The zero-order valence-corrected chi connectivity index (χ0v) is 17.3. The lowest BCUT2D eigenvalue weighted by atomic mass is 10.0. The topological polar surface area (TPSA) is 98.0 Å². The number of nitrogens with zero attached hydrogens (tertiary/aromatic N) is 5. The van der Waals surface area contributed by atoms with Gasteiger partial charge in [0.05, 0.1) is 5.69 Å². The van der Waals surface area contributed by atoms with Crippen LogP contribution in [0.15, 0.2) is 46.5 Å². The minimum absolute atomic E-state index is 0.148. The number of rotatable bonds is 3. The maximum Gasteiger partial charge on any atom is 0.255 e. The molecule has 0 radical (unpaired) electrons. The Balaban J connectivity index is 1.86. The average Bonchev–Trinajstić information content (AvgIpc) is 2.69. The fourth-order valence-corrected chi connectivity index (χ4v) is 3.84. The van der Waals surface area contributed by atoms with Gasteiger partial charge in [0, 0.05) is 37.2 Å². The number of hydrogen-bond donors (Lipinski definition) is 0. The highest BCUT2D eigenvalue weighted by Crippen LogP contribution is 2.28. The summed E-state index contributed by atoms with van der Waals surface area (Å²) in [6, 6.07) is 9.12. The molecular weight excluding hydrogens is 390 g/mol. The summed E-state index contributed by atoms with van der Waals surface area (Å²) < 4.78 is 25.3. The van der Waals surface area contributed by atoms with E-state index in [0.29, 0.717) is 30.5 Å². The van der Waals surface area contributed by atoms with E-state index in [-0.39, 0.29) is 10.7 Å². The van der Waals surface area contributed by atoms with E-state index in [2.05, 4.69) is 9.97 Å². The van der Waals surface area contributed by atoms with Gasteiger partial charge in [0.2, 0.25) is 20.9 Å². The van der Waals surface area contributed by atoms with Crippen molar-refractivity contribution < 1.29 is 8.42 Å². The fourth-order valence-electron chi connectivity index (χ4n) is 3.32. The van der Waals surface area contributed by atoms with Crippen LogP contribution < -0.4 is 10.5 Å². The second kappa shape index (κ2) is 7.07. The lowest BCUT2D eigenvalue weighted by Crippen LogP contribution is -2.36. The number of anilines is 2. The molecule has 0 unspecified atom stereocenters. The molecular formula is C20H21N5O3S. The number of aryl methyl sites for hydroxylation is 2. The lowest BCUT2D eigenvalue weighted by Gasteiger charge is -2.30. The molecule has 3 heterocycles. The van der Waals surface area contributed by atoms with Crippen molar-refractivity contribution in [3.05, 3.63) is 58.0 Å². The van der Waals surface area contributed by atoms with Crippen LogP contribution in [0.4, 0.5) is 11.8 Å². The molecule has 0 atom stereocenters. The summed E-state index contributed by atoms with van der Waals surface area (Å²) in [5.74, 6) is 0.855. The molecule has 3 aromatic rings. The van der Waals surface area contributed by atoms with Crippen LogP contribution in [0.2, 0.25) is 0 Å². The molecule has 0 bridgehead atoms. The van der Waals surface area contributed by atoms with Crippen molar-refractivity contribution in [3.63, 3.8) is 0 Å². The third-order valence-corrected chi connectivity index (χ3v) is 5.88. The molecule has 8 nitrogen and oxygen atoms in total. The summed E-state index contributed by atoms with van der Waals surface area (Å²) in [5, 5.41) is -0.250. The summed E-state index contributed by atoms with van der Waals surface area (Å²) >= 11 is 0. The second-order valence-corrected chi connectivity index (χ2v) is 9.11. The fraction of sp³-hybridized carbons (Fsp3) is 0.300. The van der Waals surface area contributed by atoms with Crippen molar-refractivity contribution in [2.24, 2.45) is 0 Å². The van der Waals surface area contributed by atoms with Crippen molar-refractivity contribution in [2.45, 2.75) is 32.0 Å². The number of sulfone groups is 1. The summed E-state index contributed by atoms with van der Waals surface area (Å²) in [7, 11) is -3.55. The Bertz CT molecular complexity index is 1270. The molecule has 4 rings (SSSR count). The second-order valence-electron chi connectivity index (χ2n) is 7.21. The Morgan fingerprint density at radius 3 is 2.52 bits per heavy atom. The Morgan fingerprint density at radius 2 is 1.79 bits per heavy atom. The minimum Gasteiger partial charge on any atom is -0.296 e. The molecule has 0 fully saturated rings. The minimum atomic E-state index is -3.55. The highest BCUT2D eigenvalue weighted by molar-refractivity contribution is 7.90. The van der Waals surface area contributed by atoms with Gasteiger partial charge < -0.3 is 0 Å². The Kier molecular flexibility index (Phi) is 4.70. The van der Waals surface area contributed by atoms with Crippen LogP contribution in [0.3, 0.4) is 0 Å². The predicted octanol–water partition coefficient (Wildman–Crippen LogP) is 2.26. The first-order valence-corrected chi connectivity index (χ1v) is 11.1. The zero-order chi connectivity index (χ0) is 20.8. The maximum absolute atomic E-state index is 12.8. The molecule has 0 spiro atoms. The van der Waals surface area contributed by atoms with E-state index in [1.54, 1.807) is 21.6 Å². The van der Waals surface area contributed by atoms with Crippen molar-refractivity contribution >= 4 is 21.6 Å². The molecule has 1 aromatic carbocycles. The van der Waals surface area contributed by atoms with Gasteiger partial charge in [0.15, 0.2) is 0 Å². The molecule has 1 aliphatic rings. The number of benzene rings is 1. The highest BCUT2D eigenvalue weighted by Gasteiger charge is 2.24. The van der Waals surface area contributed by atoms with Gasteiger partial charge in [-0.15, -0.1) is 0 Å². The van der Waals surface area contributed by atoms with Crippen LogP contribution in [0.25, 0.3) is 11.3 Å². The summed E-state index contributed by atoms with van der Waals surface area (Å²) in [6.45, 7) is 5.17. The third-order valence-electron chi connectivity index (χ3n) is 5.02. The van der Waals surface area contributed by atoms with Crippen LogP contribution in [0.5, 0.6) is 0 Å². The van der Waals surface area contributed by atoms with Gasteiger partial charge >= 0.3 is 0 Å². The van der Waals surface area contributed by atoms with Crippen LogP contribution >= 0.6 is 0 Å². The SMILES string of the molecule is Cc1ccc(-c2cc(=O)n3c(n2)N(c2ccnc(S(C)(=O)=O)n2)CCC3)cc1C. The normalized spacial score (nSPS) is 14.0. The first-order chi connectivity index (χ1) is 13.7. The molecule has 0 saturated heterocycles. The van der Waals surface area contributed by atoms with Gasteiger partial charge in [-0.1, -0.05) is 12.1 Å². The van der Waals surface area contributed by atoms with Crippen molar-refractivity contribution in [1.29, 1.82) is 0 Å². The quantitative estimate of drug-likeness (QED) is 0.610. The zero-order valence-electron chi connectivity index (χ0n) is 16.5. The molecule has 29 heavy (non-hydrogen) atoms. The van der Waals surface area contributed by atoms with E-state index >= 15 is 0 Å². The first-order valence-electron chi connectivity index (χ1n) is 9.24. The summed E-state index contributed by atoms with van der Waals surface area (Å²) in [6.07, 6.45) is 3.19. The van der Waals surface area contributed by atoms with E-state index in [1.165, 1.54) is 11.8 Å². The van der Waals surface area contributed by atoms with E-state index < -0.39 is 9.84 Å². The molecule has 0 saturated carbocycles. The average molecular weight is 411 g/mol. The van der Waals surface area contributed by atoms with Gasteiger partial charge in [0.25, 0.3) is 5.56 Å². The number of hydrogen-bond acceptors (Lipinski definition) is 7. The Labute approximate surface area is 168 Å². The third kappa shape index (κ3) is 3.65. The van der Waals surface area contributed by atoms with E-state index in [1.807, 2.05) is 32.0 Å². The van der Waals surface area contributed by atoms with E-state index in [4.69, 9.17) is 4.98 Å². The lowest BCUT2D eigenvalue weighted by molar-refractivity contribution is 0.559. The molecule has 0 amide bonds. The molecule has 9 heteroatoms. The number of aromatic nitrogens is 4. The van der Waals surface area contributed by atoms with Crippen LogP contribution in [0.1, 0.15) is 17.5 Å². The van der Waals surface area contributed by atoms with Crippen molar-refractivity contribution in [3.8, 4) is 11.3 Å². The monoisotopic (exact) mass is 411 g/mol. The standard InChI is InChI=1S/C20H21N5O3S/c1-13-5-6-15(11-14(13)2)16-12-18(26)25-10-4-9-24(20(25)22-16)17-7-8-21-19(23-17)29(3,27)28/h5-8,11-12H,4,9-10H2,1-3H3. The molecule has 1 aliphatic heterocycles. The van der Waals surface area contributed by atoms with E-state index in [0.717, 1.165) is 23.8 Å². The number of fused-ring (bicyclic) bond motifs is 1. The summed E-state index contributed by atoms with van der Waals surface area (Å²) in [5.41, 5.74) is 3.57. The Morgan fingerprint density at radius 1 is 1.00 bits per heavy atom. The molecule has 0 aliphatic carbocycles. The van der Waals surface area contributed by atoms with Gasteiger partial charge in [-0.3, -0.25) is 14.3 Å². The predicted molar refractivity (Wildman–Crippen MR) is 110 cm³/mol. The van der Waals surface area contributed by atoms with Crippen molar-refractivity contribution in [2.75, 3.05) is 17.7 Å². The van der Waals surface area contributed by atoms with Crippen LogP contribution in [0, 0.1) is 13.8 Å².